The van der Waals surface area contributed by atoms with Gasteiger partial charge in [-0.05, 0) is 62.1 Å². The first-order valence-corrected chi connectivity index (χ1v) is 8.53. The summed E-state index contributed by atoms with van der Waals surface area (Å²) in [4.78, 5) is 12.7. The van der Waals surface area contributed by atoms with Gasteiger partial charge in [0.1, 0.15) is 17.1 Å². The first kappa shape index (κ1) is 17.5. The lowest BCUT2D eigenvalue weighted by Gasteiger charge is -2.32. The van der Waals surface area contributed by atoms with Crippen molar-refractivity contribution in [2.24, 2.45) is 0 Å². The first-order valence-electron chi connectivity index (χ1n) is 8.53. The number of benzene rings is 2. The molecular weight excluding hydrogens is 316 g/mol. The first-order chi connectivity index (χ1) is 11.9. The third-order valence-electron chi connectivity index (χ3n) is 4.65. The summed E-state index contributed by atoms with van der Waals surface area (Å²) in [6.45, 7) is 4.08. The van der Waals surface area contributed by atoms with Crippen molar-refractivity contribution in [3.05, 3.63) is 58.7 Å². The van der Waals surface area contributed by atoms with Crippen LogP contribution < -0.4 is 9.47 Å². The van der Waals surface area contributed by atoms with E-state index in [9.17, 15) is 9.90 Å². The van der Waals surface area contributed by atoms with Gasteiger partial charge < -0.3 is 14.6 Å². The van der Waals surface area contributed by atoms with Gasteiger partial charge in [0.15, 0.2) is 5.78 Å². The normalized spacial score (nSPS) is 15.2. The highest BCUT2D eigenvalue weighted by atomic mass is 16.5. The van der Waals surface area contributed by atoms with Crippen molar-refractivity contribution < 1.29 is 19.4 Å². The predicted molar refractivity (Wildman–Crippen MR) is 96.4 cm³/mol. The molecule has 4 nitrogen and oxygen atoms in total. The number of aliphatic hydroxyl groups excluding tert-OH is 1. The van der Waals surface area contributed by atoms with Crippen molar-refractivity contribution in [1.29, 1.82) is 0 Å². The average Bonchev–Trinajstić information content (AvgIpc) is 2.60. The molecule has 4 heteroatoms. The summed E-state index contributed by atoms with van der Waals surface area (Å²) in [6.07, 6.45) is 2.16. The number of hydrogen-bond donors (Lipinski definition) is 1. The Hall–Kier alpha value is -2.33. The summed E-state index contributed by atoms with van der Waals surface area (Å²) < 4.78 is 11.2. The van der Waals surface area contributed by atoms with Crippen LogP contribution in [0.5, 0.6) is 11.5 Å². The second-order valence-electron chi connectivity index (χ2n) is 7.09. The van der Waals surface area contributed by atoms with Gasteiger partial charge in [-0.1, -0.05) is 12.1 Å². The van der Waals surface area contributed by atoms with E-state index in [4.69, 9.17) is 9.47 Å². The number of methoxy groups -OCH3 is 1. The van der Waals surface area contributed by atoms with Crippen LogP contribution in [0.15, 0.2) is 36.4 Å². The third-order valence-corrected chi connectivity index (χ3v) is 4.65. The van der Waals surface area contributed by atoms with Crippen molar-refractivity contribution >= 4 is 5.78 Å². The van der Waals surface area contributed by atoms with Gasteiger partial charge in [0.25, 0.3) is 0 Å². The Labute approximate surface area is 148 Å². The number of aliphatic hydroxyl groups is 1. The van der Waals surface area contributed by atoms with Crippen LogP contribution in [0, 0.1) is 0 Å². The fourth-order valence-corrected chi connectivity index (χ4v) is 3.15. The number of aryl methyl sites for hydroxylation is 1. The zero-order chi connectivity index (χ0) is 18.0. The quantitative estimate of drug-likeness (QED) is 0.843. The monoisotopic (exact) mass is 340 g/mol. The molecule has 1 heterocycles. The summed E-state index contributed by atoms with van der Waals surface area (Å²) in [7, 11) is 1.56. The lowest BCUT2D eigenvalue weighted by molar-refractivity contribution is 0.0846. The number of carbonyl (C=O) groups excluding carboxylic acids is 1. The molecule has 0 radical (unpaired) electrons. The van der Waals surface area contributed by atoms with Crippen LogP contribution in [0.1, 0.15) is 47.3 Å². The topological polar surface area (TPSA) is 55.8 Å². The molecule has 132 valence electrons. The maximum absolute atomic E-state index is 12.7. The van der Waals surface area contributed by atoms with Crippen LogP contribution in [-0.4, -0.2) is 23.6 Å². The lowest BCUT2D eigenvalue weighted by atomic mass is 9.92. The fraction of sp³-hybridized carbons (Fsp3) is 0.381. The summed E-state index contributed by atoms with van der Waals surface area (Å²) in [6, 6.07) is 11.2. The van der Waals surface area contributed by atoms with Crippen LogP contribution in [0.3, 0.4) is 0 Å². The molecule has 0 saturated carbocycles. The van der Waals surface area contributed by atoms with E-state index in [0.717, 1.165) is 29.7 Å². The van der Waals surface area contributed by atoms with Crippen molar-refractivity contribution in [2.75, 3.05) is 7.11 Å². The molecule has 2 aromatic carbocycles. The second-order valence-corrected chi connectivity index (χ2v) is 7.09. The van der Waals surface area contributed by atoms with Gasteiger partial charge >= 0.3 is 0 Å². The number of Topliss-reactive ketones (excluding diaryl/α,β-unsaturated/α-hetero) is 1. The highest BCUT2D eigenvalue weighted by Gasteiger charge is 2.26. The molecule has 3 rings (SSSR count). The fourth-order valence-electron chi connectivity index (χ4n) is 3.15. The SMILES string of the molecule is COc1cc(CC(=O)c2ccc3c(c2)CCC(C)(C)O3)ccc1CO. The number of rotatable bonds is 5. The van der Waals surface area contributed by atoms with Crippen LogP contribution in [0.25, 0.3) is 0 Å². The van der Waals surface area contributed by atoms with E-state index in [1.807, 2.05) is 30.3 Å². The average molecular weight is 340 g/mol. The smallest absolute Gasteiger partial charge is 0.167 e. The molecule has 0 unspecified atom stereocenters. The van der Waals surface area contributed by atoms with E-state index in [2.05, 4.69) is 13.8 Å². The highest BCUT2D eigenvalue weighted by Crippen LogP contribution is 2.33. The predicted octanol–water partition coefficient (Wildman–Crippen LogP) is 3.72. The number of fused-ring (bicyclic) bond motifs is 1. The number of ether oxygens (including phenoxy) is 2. The minimum Gasteiger partial charge on any atom is -0.496 e. The summed E-state index contributed by atoms with van der Waals surface area (Å²) in [5.74, 6) is 1.54. The minimum atomic E-state index is -0.149. The van der Waals surface area contributed by atoms with E-state index in [1.54, 1.807) is 13.2 Å². The van der Waals surface area contributed by atoms with Gasteiger partial charge in [-0.15, -0.1) is 0 Å². The van der Waals surface area contributed by atoms with Gasteiger partial charge in [0, 0.05) is 17.5 Å². The molecule has 0 atom stereocenters. The molecule has 0 aromatic heterocycles. The number of carbonyl (C=O) groups is 1. The van der Waals surface area contributed by atoms with Gasteiger partial charge in [-0.25, -0.2) is 0 Å². The summed E-state index contributed by atoms with van der Waals surface area (Å²) in [5, 5.41) is 9.29. The van der Waals surface area contributed by atoms with Crippen LogP contribution in [0.4, 0.5) is 0 Å². The molecule has 0 spiro atoms. The maximum atomic E-state index is 12.7. The zero-order valence-corrected chi connectivity index (χ0v) is 15.0. The molecule has 2 aromatic rings. The summed E-state index contributed by atoms with van der Waals surface area (Å²) in [5.41, 5.74) is 3.23. The zero-order valence-electron chi connectivity index (χ0n) is 15.0. The van der Waals surface area contributed by atoms with Crippen LogP contribution in [0.2, 0.25) is 0 Å². The molecule has 1 N–H and O–H groups in total. The summed E-state index contributed by atoms with van der Waals surface area (Å²) >= 11 is 0. The largest absolute Gasteiger partial charge is 0.496 e. The molecule has 0 bridgehead atoms. The molecule has 1 aliphatic rings. The molecule has 0 saturated heterocycles. The second kappa shape index (κ2) is 6.89. The standard InChI is InChI=1S/C21H24O4/c1-21(2)9-8-16-12-15(6-7-19(16)25-21)18(23)10-14-4-5-17(13-22)20(11-14)24-3/h4-7,11-12,22H,8-10,13H2,1-3H3. The van der Waals surface area contributed by atoms with Crippen molar-refractivity contribution in [3.8, 4) is 11.5 Å². The highest BCUT2D eigenvalue weighted by molar-refractivity contribution is 5.98. The maximum Gasteiger partial charge on any atom is 0.167 e. The Morgan fingerprint density at radius 3 is 2.76 bits per heavy atom. The van der Waals surface area contributed by atoms with Crippen molar-refractivity contribution in [1.82, 2.24) is 0 Å². The van der Waals surface area contributed by atoms with Crippen LogP contribution in [-0.2, 0) is 19.4 Å². The Bertz CT molecular complexity index is 792. The Morgan fingerprint density at radius 1 is 1.24 bits per heavy atom. The molecule has 1 aliphatic heterocycles. The molecule has 25 heavy (non-hydrogen) atoms. The molecular formula is C21H24O4. The van der Waals surface area contributed by atoms with Gasteiger partial charge in [-0.2, -0.15) is 0 Å². The van der Waals surface area contributed by atoms with E-state index >= 15 is 0 Å². The van der Waals surface area contributed by atoms with Crippen molar-refractivity contribution in [3.63, 3.8) is 0 Å². The van der Waals surface area contributed by atoms with E-state index in [0.29, 0.717) is 23.3 Å². The number of ketones is 1. The van der Waals surface area contributed by atoms with E-state index in [-0.39, 0.29) is 18.0 Å². The van der Waals surface area contributed by atoms with E-state index in [1.165, 1.54) is 0 Å². The van der Waals surface area contributed by atoms with Crippen LogP contribution >= 0.6 is 0 Å². The molecule has 0 aliphatic carbocycles. The van der Waals surface area contributed by atoms with Gasteiger partial charge in [-0.3, -0.25) is 4.79 Å². The molecule has 0 amide bonds. The van der Waals surface area contributed by atoms with E-state index < -0.39 is 0 Å². The Morgan fingerprint density at radius 2 is 2.04 bits per heavy atom. The van der Waals surface area contributed by atoms with Gasteiger partial charge in [0.05, 0.1) is 13.7 Å². The Balaban J connectivity index is 1.78. The lowest BCUT2D eigenvalue weighted by Crippen LogP contribution is -2.32. The number of hydrogen-bond acceptors (Lipinski definition) is 4. The Kier molecular flexibility index (Phi) is 4.82. The third kappa shape index (κ3) is 3.85. The van der Waals surface area contributed by atoms with Gasteiger partial charge in [0.2, 0.25) is 0 Å². The minimum absolute atomic E-state index is 0.0615. The van der Waals surface area contributed by atoms with Crippen molar-refractivity contribution in [2.45, 2.75) is 45.3 Å². The molecule has 0 fully saturated rings.